The first-order chi connectivity index (χ1) is 8.24. The van der Waals surface area contributed by atoms with Gasteiger partial charge < -0.3 is 20.0 Å². The molecule has 0 aliphatic carbocycles. The largest absolute Gasteiger partial charge is 0.467 e. The number of nitrogens with zero attached hydrogens (tertiary/aromatic N) is 1. The van der Waals surface area contributed by atoms with Gasteiger partial charge in [-0.15, -0.1) is 0 Å². The van der Waals surface area contributed by atoms with Crippen molar-refractivity contribution in [2.75, 3.05) is 20.1 Å². The number of carbonyl (C=O) groups is 1. The molecule has 0 radical (unpaired) electrons. The molecule has 0 unspecified atom stereocenters. The van der Waals surface area contributed by atoms with Gasteiger partial charge in [0, 0.05) is 12.6 Å². The van der Waals surface area contributed by atoms with Crippen molar-refractivity contribution in [2.24, 2.45) is 0 Å². The van der Waals surface area contributed by atoms with Gasteiger partial charge in [0.25, 0.3) is 0 Å². The van der Waals surface area contributed by atoms with Crippen molar-refractivity contribution in [3.8, 4) is 0 Å². The molecule has 0 saturated carbocycles. The van der Waals surface area contributed by atoms with Crippen LogP contribution < -0.4 is 10.6 Å². The van der Waals surface area contributed by atoms with Crippen molar-refractivity contribution in [1.29, 1.82) is 0 Å². The summed E-state index contributed by atoms with van der Waals surface area (Å²) >= 11 is 0. The molecule has 1 aliphatic heterocycles. The fraction of sp³-hybridized carbons (Fsp3) is 0.583. The molecule has 1 aromatic heterocycles. The number of likely N-dealkylation sites (tertiary alicyclic amines) is 1. The van der Waals surface area contributed by atoms with Gasteiger partial charge in [0.1, 0.15) is 5.76 Å². The third-order valence-corrected chi connectivity index (χ3v) is 2.96. The maximum Gasteiger partial charge on any atom is 0.315 e. The van der Waals surface area contributed by atoms with Crippen molar-refractivity contribution in [1.82, 2.24) is 15.5 Å². The van der Waals surface area contributed by atoms with E-state index in [-0.39, 0.29) is 12.1 Å². The van der Waals surface area contributed by atoms with Crippen LogP contribution in [0.2, 0.25) is 0 Å². The molecule has 1 fully saturated rings. The summed E-state index contributed by atoms with van der Waals surface area (Å²) in [5.41, 5.74) is 0. The summed E-state index contributed by atoms with van der Waals surface area (Å²) in [6.07, 6.45) is 3.79. The predicted molar refractivity (Wildman–Crippen MR) is 64.6 cm³/mol. The molecule has 1 aliphatic rings. The Balaban J connectivity index is 1.70. The van der Waals surface area contributed by atoms with E-state index < -0.39 is 0 Å². The zero-order chi connectivity index (χ0) is 12.1. The van der Waals surface area contributed by atoms with E-state index in [4.69, 9.17) is 4.42 Å². The van der Waals surface area contributed by atoms with Crippen molar-refractivity contribution < 1.29 is 9.21 Å². The van der Waals surface area contributed by atoms with Crippen LogP contribution in [0, 0.1) is 0 Å². The smallest absolute Gasteiger partial charge is 0.315 e. The van der Waals surface area contributed by atoms with Crippen LogP contribution in [0.4, 0.5) is 4.79 Å². The number of carbonyl (C=O) groups excluding carboxylic acids is 1. The number of rotatable bonds is 3. The zero-order valence-corrected chi connectivity index (χ0v) is 10.1. The van der Waals surface area contributed by atoms with Gasteiger partial charge in [-0.05, 0) is 38.6 Å². The number of furan rings is 1. The molecule has 0 aromatic carbocycles. The van der Waals surface area contributed by atoms with Crippen molar-refractivity contribution in [3.05, 3.63) is 24.2 Å². The SMILES string of the molecule is CN1CCC[C@@H](NC(=O)NCc2ccco2)C1. The normalized spacial score (nSPS) is 21.1. The van der Waals surface area contributed by atoms with Crippen LogP contribution >= 0.6 is 0 Å². The van der Waals surface area contributed by atoms with Gasteiger partial charge in [-0.2, -0.15) is 0 Å². The molecule has 1 saturated heterocycles. The second-order valence-electron chi connectivity index (χ2n) is 4.51. The fourth-order valence-electron chi connectivity index (χ4n) is 2.10. The minimum atomic E-state index is -0.123. The Kier molecular flexibility index (Phi) is 4.03. The first-order valence-electron chi connectivity index (χ1n) is 5.99. The first kappa shape index (κ1) is 12.0. The van der Waals surface area contributed by atoms with Gasteiger partial charge >= 0.3 is 6.03 Å². The highest BCUT2D eigenvalue weighted by Crippen LogP contribution is 2.07. The third kappa shape index (κ3) is 3.78. The molecule has 1 atom stereocenters. The average Bonchev–Trinajstić information content (AvgIpc) is 2.79. The topological polar surface area (TPSA) is 57.5 Å². The van der Waals surface area contributed by atoms with E-state index in [2.05, 4.69) is 22.6 Å². The van der Waals surface area contributed by atoms with Gasteiger partial charge in [-0.25, -0.2) is 4.79 Å². The highest BCUT2D eigenvalue weighted by molar-refractivity contribution is 5.74. The minimum absolute atomic E-state index is 0.123. The van der Waals surface area contributed by atoms with E-state index in [9.17, 15) is 4.79 Å². The minimum Gasteiger partial charge on any atom is -0.467 e. The molecule has 5 nitrogen and oxygen atoms in total. The number of nitrogens with one attached hydrogen (secondary N) is 2. The highest BCUT2D eigenvalue weighted by Gasteiger charge is 2.18. The average molecular weight is 237 g/mol. The molecule has 2 rings (SSSR count). The molecule has 5 heteroatoms. The molecule has 2 heterocycles. The Morgan fingerprint density at radius 2 is 2.53 bits per heavy atom. The summed E-state index contributed by atoms with van der Waals surface area (Å²) in [5, 5.41) is 5.76. The molecule has 0 spiro atoms. The van der Waals surface area contributed by atoms with E-state index in [1.807, 2.05) is 12.1 Å². The Labute approximate surface area is 101 Å². The summed E-state index contributed by atoms with van der Waals surface area (Å²) in [7, 11) is 2.08. The van der Waals surface area contributed by atoms with E-state index in [1.165, 1.54) is 0 Å². The quantitative estimate of drug-likeness (QED) is 0.829. The van der Waals surface area contributed by atoms with Crippen molar-refractivity contribution in [2.45, 2.75) is 25.4 Å². The van der Waals surface area contributed by atoms with Crippen LogP contribution in [0.3, 0.4) is 0 Å². The van der Waals surface area contributed by atoms with Gasteiger partial charge in [0.2, 0.25) is 0 Å². The van der Waals surface area contributed by atoms with Crippen LogP contribution in [0.15, 0.2) is 22.8 Å². The third-order valence-electron chi connectivity index (χ3n) is 2.96. The molecule has 1 aromatic rings. The number of amides is 2. The van der Waals surface area contributed by atoms with Crippen LogP contribution in [0.5, 0.6) is 0 Å². The molecule has 2 amide bonds. The molecular weight excluding hydrogens is 218 g/mol. The number of piperidine rings is 1. The van der Waals surface area contributed by atoms with E-state index >= 15 is 0 Å². The van der Waals surface area contributed by atoms with E-state index in [0.717, 1.165) is 31.7 Å². The van der Waals surface area contributed by atoms with Crippen molar-refractivity contribution >= 4 is 6.03 Å². The van der Waals surface area contributed by atoms with E-state index in [0.29, 0.717) is 6.54 Å². The lowest BCUT2D eigenvalue weighted by Gasteiger charge is -2.30. The van der Waals surface area contributed by atoms with Crippen LogP contribution in [-0.4, -0.2) is 37.1 Å². The summed E-state index contributed by atoms with van der Waals surface area (Å²) in [4.78, 5) is 13.9. The maximum atomic E-state index is 11.6. The van der Waals surface area contributed by atoms with Crippen LogP contribution in [0.25, 0.3) is 0 Å². The molecule has 2 N–H and O–H groups in total. The molecular formula is C12H19N3O2. The molecule has 94 valence electrons. The number of hydrogen-bond acceptors (Lipinski definition) is 3. The standard InChI is InChI=1S/C12H19N3O2/c1-15-6-2-4-10(9-15)14-12(16)13-8-11-5-3-7-17-11/h3,5,7,10H,2,4,6,8-9H2,1H3,(H2,13,14,16)/t10-/m1/s1. The number of urea groups is 1. The summed E-state index contributed by atoms with van der Waals surface area (Å²) in [6.45, 7) is 2.47. The van der Waals surface area contributed by atoms with Gasteiger partial charge in [0.05, 0.1) is 12.8 Å². The number of likely N-dealkylation sites (N-methyl/N-ethyl adjacent to an activating group) is 1. The lowest BCUT2D eigenvalue weighted by atomic mass is 10.1. The maximum absolute atomic E-state index is 11.6. The first-order valence-corrected chi connectivity index (χ1v) is 5.99. The molecule has 0 bridgehead atoms. The summed E-state index contributed by atoms with van der Waals surface area (Å²) < 4.78 is 5.14. The fourth-order valence-corrected chi connectivity index (χ4v) is 2.10. The highest BCUT2D eigenvalue weighted by atomic mass is 16.3. The lowest BCUT2D eigenvalue weighted by Crippen LogP contribution is -2.49. The Morgan fingerprint density at radius 1 is 1.65 bits per heavy atom. The van der Waals surface area contributed by atoms with Crippen molar-refractivity contribution in [3.63, 3.8) is 0 Å². The summed E-state index contributed by atoms with van der Waals surface area (Å²) in [5.74, 6) is 0.765. The van der Waals surface area contributed by atoms with Gasteiger partial charge in [-0.1, -0.05) is 0 Å². The Bertz CT molecular complexity index is 351. The Hall–Kier alpha value is -1.49. The second-order valence-corrected chi connectivity index (χ2v) is 4.51. The zero-order valence-electron chi connectivity index (χ0n) is 10.1. The lowest BCUT2D eigenvalue weighted by molar-refractivity contribution is 0.208. The molecule has 17 heavy (non-hydrogen) atoms. The number of hydrogen-bond donors (Lipinski definition) is 2. The monoisotopic (exact) mass is 237 g/mol. The van der Waals surface area contributed by atoms with E-state index in [1.54, 1.807) is 6.26 Å². The van der Waals surface area contributed by atoms with Crippen LogP contribution in [-0.2, 0) is 6.54 Å². The van der Waals surface area contributed by atoms with Gasteiger partial charge in [-0.3, -0.25) is 0 Å². The summed E-state index contributed by atoms with van der Waals surface area (Å²) in [6, 6.07) is 3.78. The van der Waals surface area contributed by atoms with Gasteiger partial charge in [0.15, 0.2) is 0 Å². The van der Waals surface area contributed by atoms with Crippen LogP contribution in [0.1, 0.15) is 18.6 Å². The Morgan fingerprint density at radius 3 is 3.24 bits per heavy atom. The predicted octanol–water partition coefficient (Wildman–Crippen LogP) is 1.17. The second kappa shape index (κ2) is 5.72.